The number of unbranched alkanes of at least 4 members (excludes halogenated alkanes) is 14. The molecule has 0 radical (unpaired) electrons. The largest absolute Gasteiger partial charge is 0.465 e. The Hall–Kier alpha value is -1.34. The van der Waals surface area contributed by atoms with Gasteiger partial charge in [0.2, 0.25) is 5.91 Å². The minimum Gasteiger partial charge on any atom is -0.465 e. The van der Waals surface area contributed by atoms with Crippen LogP contribution in [0.5, 0.6) is 0 Å². The molecule has 7 nitrogen and oxygen atoms in total. The van der Waals surface area contributed by atoms with Crippen LogP contribution in [0.2, 0.25) is 0 Å². The fourth-order valence-electron chi connectivity index (χ4n) is 3.30. The van der Waals surface area contributed by atoms with Crippen molar-refractivity contribution in [2.24, 2.45) is 17.2 Å². The fraction of sp³-hybridized carbons (Fsp3) is 0.913. The Morgan fingerprint density at radius 2 is 1.17 bits per heavy atom. The quantitative estimate of drug-likeness (QED) is 0.178. The molecule has 0 unspecified atom stereocenters. The number of primary amides is 1. The zero-order valence-corrected chi connectivity index (χ0v) is 19.5. The van der Waals surface area contributed by atoms with Gasteiger partial charge in [0.1, 0.15) is 0 Å². The first kappa shape index (κ1) is 30.9. The van der Waals surface area contributed by atoms with Gasteiger partial charge in [-0.2, -0.15) is 0 Å². The molecule has 30 heavy (non-hydrogen) atoms. The number of carboxylic acid groups (broad SMARTS) is 1. The number of carbonyl (C=O) groups is 2. The lowest BCUT2D eigenvalue weighted by Crippen LogP contribution is -2.40. The highest BCUT2D eigenvalue weighted by Gasteiger charge is 2.11. The Labute approximate surface area is 184 Å². The molecule has 0 heterocycles. The average Bonchev–Trinajstić information content (AvgIpc) is 2.70. The first-order valence-electron chi connectivity index (χ1n) is 12.2. The lowest BCUT2D eigenvalue weighted by Gasteiger charge is -2.11. The molecule has 0 aromatic rings. The first-order valence-corrected chi connectivity index (χ1v) is 12.2. The summed E-state index contributed by atoms with van der Waals surface area (Å²) < 4.78 is 0. The van der Waals surface area contributed by atoms with E-state index in [4.69, 9.17) is 21.4 Å². The van der Waals surface area contributed by atoms with E-state index in [1.807, 2.05) is 0 Å². The Bertz CT molecular complexity index is 377. The molecule has 0 bridgehead atoms. The van der Waals surface area contributed by atoms with Gasteiger partial charge in [-0.05, 0) is 25.8 Å². The third-order valence-corrected chi connectivity index (χ3v) is 5.14. The fourth-order valence-corrected chi connectivity index (χ4v) is 3.30. The molecule has 0 fully saturated rings. The van der Waals surface area contributed by atoms with Crippen LogP contribution in [0, 0.1) is 0 Å². The molecule has 0 aliphatic carbocycles. The van der Waals surface area contributed by atoms with E-state index in [0.717, 1.165) is 32.2 Å². The van der Waals surface area contributed by atoms with Gasteiger partial charge in [0, 0.05) is 6.54 Å². The SMILES string of the molecule is CCCCCCCCCCCCCCCCNC(=O)[C@@H](N)CCCCN.NC(=O)O. The second-order valence-electron chi connectivity index (χ2n) is 8.12. The normalized spacial score (nSPS) is 11.4. The van der Waals surface area contributed by atoms with E-state index in [1.54, 1.807) is 0 Å². The Kier molecular flexibility index (Phi) is 26.4. The summed E-state index contributed by atoms with van der Waals surface area (Å²) in [5.74, 6) is -0.00304. The maximum atomic E-state index is 11.8. The van der Waals surface area contributed by atoms with Crippen LogP contribution in [0.25, 0.3) is 0 Å². The Morgan fingerprint density at radius 3 is 1.57 bits per heavy atom. The van der Waals surface area contributed by atoms with Crippen molar-refractivity contribution in [1.82, 2.24) is 5.32 Å². The van der Waals surface area contributed by atoms with Gasteiger partial charge >= 0.3 is 6.09 Å². The maximum absolute atomic E-state index is 11.8. The van der Waals surface area contributed by atoms with Crippen LogP contribution in [0.3, 0.4) is 0 Å². The molecule has 0 saturated heterocycles. The number of carbonyl (C=O) groups excluding carboxylic acids is 1. The van der Waals surface area contributed by atoms with Crippen LogP contribution < -0.4 is 22.5 Å². The van der Waals surface area contributed by atoms with E-state index in [-0.39, 0.29) is 11.9 Å². The van der Waals surface area contributed by atoms with Crippen molar-refractivity contribution in [1.29, 1.82) is 0 Å². The van der Waals surface area contributed by atoms with E-state index in [9.17, 15) is 4.79 Å². The van der Waals surface area contributed by atoms with Crippen molar-refractivity contribution in [2.75, 3.05) is 13.1 Å². The summed E-state index contributed by atoms with van der Waals surface area (Å²) >= 11 is 0. The van der Waals surface area contributed by atoms with Gasteiger partial charge in [-0.1, -0.05) is 96.8 Å². The van der Waals surface area contributed by atoms with Crippen LogP contribution in [0.4, 0.5) is 4.79 Å². The zero-order chi connectivity index (χ0) is 22.9. The van der Waals surface area contributed by atoms with Gasteiger partial charge in [-0.25, -0.2) is 4.79 Å². The molecule has 0 aliphatic rings. The molecule has 180 valence electrons. The molecule has 2 amide bonds. The van der Waals surface area contributed by atoms with Gasteiger partial charge < -0.3 is 27.6 Å². The molecule has 8 N–H and O–H groups in total. The molecular formula is C23H50N4O3. The highest BCUT2D eigenvalue weighted by Crippen LogP contribution is 2.12. The van der Waals surface area contributed by atoms with Gasteiger partial charge in [0.15, 0.2) is 0 Å². The number of hydrogen-bond acceptors (Lipinski definition) is 4. The molecular weight excluding hydrogens is 380 g/mol. The number of nitrogens with one attached hydrogen (secondary N) is 1. The van der Waals surface area contributed by atoms with Gasteiger partial charge in [0.25, 0.3) is 0 Å². The lowest BCUT2D eigenvalue weighted by molar-refractivity contribution is -0.122. The standard InChI is InChI=1S/C22H47N3O.CH3NO2/c1-2-3-4-5-6-7-8-9-10-11-12-13-14-17-20-25-22(26)21(24)18-15-16-19-23;2-1(3)4/h21H,2-20,23-24H2,1H3,(H,25,26);2H2,(H,3,4)/t21-;/m0./s1. The number of rotatable bonds is 20. The Morgan fingerprint density at radius 1 is 0.767 bits per heavy atom. The molecule has 0 saturated carbocycles. The summed E-state index contributed by atoms with van der Waals surface area (Å²) in [5, 5.41) is 10.2. The van der Waals surface area contributed by atoms with E-state index in [2.05, 4.69) is 18.0 Å². The van der Waals surface area contributed by atoms with Crippen LogP contribution in [0.1, 0.15) is 116 Å². The number of nitrogens with two attached hydrogens (primary N) is 3. The van der Waals surface area contributed by atoms with Crippen molar-refractivity contribution >= 4 is 12.0 Å². The third kappa shape index (κ3) is 28.9. The zero-order valence-electron chi connectivity index (χ0n) is 19.5. The van der Waals surface area contributed by atoms with Gasteiger partial charge in [-0.3, -0.25) is 4.79 Å². The van der Waals surface area contributed by atoms with E-state index in [1.165, 1.54) is 83.5 Å². The van der Waals surface area contributed by atoms with E-state index >= 15 is 0 Å². The summed E-state index contributed by atoms with van der Waals surface area (Å²) in [6.07, 6.45) is 20.2. The number of hydrogen-bond donors (Lipinski definition) is 5. The molecule has 7 heteroatoms. The minimum absolute atomic E-state index is 0.00304. The second-order valence-corrected chi connectivity index (χ2v) is 8.12. The summed E-state index contributed by atoms with van der Waals surface area (Å²) in [6.45, 7) is 3.71. The van der Waals surface area contributed by atoms with Crippen LogP contribution in [-0.2, 0) is 4.79 Å². The molecule has 0 rings (SSSR count). The van der Waals surface area contributed by atoms with Crippen LogP contribution in [0.15, 0.2) is 0 Å². The van der Waals surface area contributed by atoms with Crippen molar-refractivity contribution in [3.05, 3.63) is 0 Å². The molecule has 0 aromatic heterocycles. The van der Waals surface area contributed by atoms with E-state index in [0.29, 0.717) is 6.54 Å². The van der Waals surface area contributed by atoms with Crippen LogP contribution in [-0.4, -0.2) is 36.2 Å². The summed E-state index contributed by atoms with van der Waals surface area (Å²) in [5.41, 5.74) is 15.3. The summed E-state index contributed by atoms with van der Waals surface area (Å²) in [6, 6.07) is -0.367. The highest BCUT2D eigenvalue weighted by atomic mass is 16.4. The maximum Gasteiger partial charge on any atom is 0.402 e. The molecule has 1 atom stereocenters. The predicted octanol–water partition coefficient (Wildman–Crippen LogP) is 4.66. The number of amides is 2. The molecule has 0 aliphatic heterocycles. The van der Waals surface area contributed by atoms with Gasteiger partial charge in [0.05, 0.1) is 6.04 Å². The topological polar surface area (TPSA) is 144 Å². The smallest absolute Gasteiger partial charge is 0.402 e. The lowest BCUT2D eigenvalue weighted by atomic mass is 10.0. The average molecular weight is 431 g/mol. The molecule has 0 spiro atoms. The highest BCUT2D eigenvalue weighted by molar-refractivity contribution is 5.81. The van der Waals surface area contributed by atoms with Crippen molar-refractivity contribution < 1.29 is 14.7 Å². The summed E-state index contributed by atoms with van der Waals surface area (Å²) in [7, 11) is 0. The predicted molar refractivity (Wildman–Crippen MR) is 126 cm³/mol. The first-order chi connectivity index (χ1) is 14.5. The second kappa shape index (κ2) is 25.7. The Balaban J connectivity index is 0. The van der Waals surface area contributed by atoms with Crippen molar-refractivity contribution in [2.45, 2.75) is 122 Å². The van der Waals surface area contributed by atoms with E-state index < -0.39 is 6.09 Å². The summed E-state index contributed by atoms with van der Waals surface area (Å²) in [4.78, 5) is 20.6. The van der Waals surface area contributed by atoms with Crippen LogP contribution >= 0.6 is 0 Å². The van der Waals surface area contributed by atoms with Gasteiger partial charge in [-0.15, -0.1) is 0 Å². The van der Waals surface area contributed by atoms with Crippen molar-refractivity contribution in [3.63, 3.8) is 0 Å². The monoisotopic (exact) mass is 430 g/mol. The third-order valence-electron chi connectivity index (χ3n) is 5.14. The van der Waals surface area contributed by atoms with Crippen molar-refractivity contribution in [3.8, 4) is 0 Å². The minimum atomic E-state index is -1.33. The molecule has 0 aromatic carbocycles.